The molecule has 0 aliphatic carbocycles. The maximum Gasteiger partial charge on any atom is 0.311 e. The van der Waals surface area contributed by atoms with E-state index in [9.17, 15) is 9.59 Å². The molecule has 0 aromatic heterocycles. The van der Waals surface area contributed by atoms with Gasteiger partial charge in [-0.25, -0.2) is 0 Å². The lowest BCUT2D eigenvalue weighted by Gasteiger charge is -2.16. The predicted molar refractivity (Wildman–Crippen MR) is 100 cm³/mol. The van der Waals surface area contributed by atoms with E-state index in [4.69, 9.17) is 9.47 Å². The molecular weight excluding hydrogens is 330 g/mol. The Kier molecular flexibility index (Phi) is 8.62. The van der Waals surface area contributed by atoms with E-state index >= 15 is 0 Å². The third-order valence-electron chi connectivity index (χ3n) is 4.73. The molecule has 1 aliphatic heterocycles. The van der Waals surface area contributed by atoms with Crippen LogP contribution >= 0.6 is 0 Å². The molecule has 144 valence electrons. The van der Waals surface area contributed by atoms with Gasteiger partial charge in [0, 0.05) is 19.6 Å². The highest BCUT2D eigenvalue weighted by molar-refractivity contribution is 5.83. The molecule has 0 bridgehead atoms. The Labute approximate surface area is 156 Å². The number of rotatable bonds is 10. The maximum absolute atomic E-state index is 12.5. The zero-order valence-electron chi connectivity index (χ0n) is 16.0. The summed E-state index contributed by atoms with van der Waals surface area (Å²) in [6.07, 6.45) is 3.64. The largest absolute Gasteiger partial charge is 0.465 e. The Morgan fingerprint density at radius 1 is 0.923 bits per heavy atom. The van der Waals surface area contributed by atoms with Crippen LogP contribution in [0, 0.1) is 11.8 Å². The highest BCUT2D eigenvalue weighted by atomic mass is 16.5. The number of likely N-dealkylation sites (tertiary alicyclic amines) is 1. The first-order valence-electron chi connectivity index (χ1n) is 9.75. The molecule has 1 aliphatic rings. The van der Waals surface area contributed by atoms with Gasteiger partial charge in [-0.2, -0.15) is 0 Å². The van der Waals surface area contributed by atoms with Crippen LogP contribution < -0.4 is 0 Å². The zero-order valence-corrected chi connectivity index (χ0v) is 16.0. The second-order valence-electron chi connectivity index (χ2n) is 6.93. The molecule has 5 heteroatoms. The smallest absolute Gasteiger partial charge is 0.311 e. The fourth-order valence-corrected chi connectivity index (χ4v) is 3.18. The third-order valence-corrected chi connectivity index (χ3v) is 4.73. The number of nitrogens with zero attached hydrogens (tertiary/aromatic N) is 1. The second kappa shape index (κ2) is 11.0. The van der Waals surface area contributed by atoms with E-state index in [1.54, 1.807) is 0 Å². The van der Waals surface area contributed by atoms with Gasteiger partial charge in [0.15, 0.2) is 0 Å². The molecule has 1 heterocycles. The Morgan fingerprint density at radius 2 is 1.42 bits per heavy atom. The van der Waals surface area contributed by atoms with E-state index < -0.39 is 11.8 Å². The summed E-state index contributed by atoms with van der Waals surface area (Å²) in [7, 11) is 0. The monoisotopic (exact) mass is 361 g/mol. The Hall–Kier alpha value is -1.88. The first kappa shape index (κ1) is 20.4. The molecule has 0 radical (unpaired) electrons. The minimum Gasteiger partial charge on any atom is -0.465 e. The molecule has 1 saturated heterocycles. The van der Waals surface area contributed by atoms with Crippen molar-refractivity contribution in [2.75, 3.05) is 26.3 Å². The van der Waals surface area contributed by atoms with Gasteiger partial charge in [0.05, 0.1) is 25.0 Å². The maximum atomic E-state index is 12.5. The zero-order chi connectivity index (χ0) is 18.8. The molecule has 2 rings (SSSR count). The minimum absolute atomic E-state index is 0.272. The standard InChI is InChI=1S/C21H31NO4/c1-3-5-12-25-20(23)18-15-22(14-17-10-8-7-9-11-17)16-19(18)21(24)26-13-6-4-2/h7-11,18-19H,3-6,12-16H2,1-2H3/t18-,19?/m0/s1. The predicted octanol–water partition coefficient (Wildman–Crippen LogP) is 3.42. The van der Waals surface area contributed by atoms with Gasteiger partial charge in [-0.05, 0) is 18.4 Å². The van der Waals surface area contributed by atoms with Gasteiger partial charge in [0.1, 0.15) is 0 Å². The van der Waals surface area contributed by atoms with Crippen LogP contribution in [0.15, 0.2) is 30.3 Å². The van der Waals surface area contributed by atoms with Gasteiger partial charge in [0.25, 0.3) is 0 Å². The number of hydrogen-bond acceptors (Lipinski definition) is 5. The Bertz CT molecular complexity index is 530. The SMILES string of the molecule is CCCCOC(=O)C1CN(Cc2ccccc2)C[C@@H]1C(=O)OCCCC. The highest BCUT2D eigenvalue weighted by Gasteiger charge is 2.43. The van der Waals surface area contributed by atoms with Crippen LogP contribution in [0.1, 0.15) is 45.1 Å². The highest BCUT2D eigenvalue weighted by Crippen LogP contribution is 2.27. The fraction of sp³-hybridized carbons (Fsp3) is 0.619. The van der Waals surface area contributed by atoms with Crippen molar-refractivity contribution < 1.29 is 19.1 Å². The summed E-state index contributed by atoms with van der Waals surface area (Å²) < 4.78 is 10.8. The van der Waals surface area contributed by atoms with E-state index in [-0.39, 0.29) is 11.9 Å². The number of carbonyl (C=O) groups is 2. The quantitative estimate of drug-likeness (QED) is 0.472. The number of benzene rings is 1. The first-order chi connectivity index (χ1) is 12.7. The Balaban J connectivity index is 1.99. The lowest BCUT2D eigenvalue weighted by Crippen LogP contribution is -2.31. The summed E-state index contributed by atoms with van der Waals surface area (Å²) in [4.78, 5) is 27.2. The topological polar surface area (TPSA) is 55.8 Å². The van der Waals surface area contributed by atoms with Gasteiger partial charge in [-0.1, -0.05) is 57.0 Å². The van der Waals surface area contributed by atoms with Crippen molar-refractivity contribution in [3.8, 4) is 0 Å². The van der Waals surface area contributed by atoms with Crippen LogP contribution in [0.4, 0.5) is 0 Å². The molecule has 26 heavy (non-hydrogen) atoms. The molecular formula is C21H31NO4. The van der Waals surface area contributed by atoms with Gasteiger partial charge < -0.3 is 9.47 Å². The molecule has 1 aromatic carbocycles. The average Bonchev–Trinajstić information content (AvgIpc) is 3.07. The van der Waals surface area contributed by atoms with E-state index in [1.807, 2.05) is 18.2 Å². The fourth-order valence-electron chi connectivity index (χ4n) is 3.18. The molecule has 0 saturated carbocycles. The molecule has 1 fully saturated rings. The lowest BCUT2D eigenvalue weighted by molar-refractivity contribution is -0.158. The van der Waals surface area contributed by atoms with Crippen LogP contribution in [0.3, 0.4) is 0 Å². The number of ether oxygens (including phenoxy) is 2. The van der Waals surface area contributed by atoms with Crippen molar-refractivity contribution in [2.45, 2.75) is 46.1 Å². The third kappa shape index (κ3) is 6.13. The molecule has 2 atom stereocenters. The molecule has 1 unspecified atom stereocenters. The van der Waals surface area contributed by atoms with Gasteiger partial charge in [-0.3, -0.25) is 14.5 Å². The molecule has 0 N–H and O–H groups in total. The first-order valence-corrected chi connectivity index (χ1v) is 9.75. The number of hydrogen-bond donors (Lipinski definition) is 0. The molecule has 1 aromatic rings. The van der Waals surface area contributed by atoms with Crippen LogP contribution in [0.25, 0.3) is 0 Å². The Morgan fingerprint density at radius 3 is 1.88 bits per heavy atom. The normalized spacial score (nSPS) is 20.1. The van der Waals surface area contributed by atoms with Gasteiger partial charge in [0.2, 0.25) is 0 Å². The van der Waals surface area contributed by atoms with Crippen molar-refractivity contribution >= 4 is 11.9 Å². The summed E-state index contributed by atoms with van der Waals surface area (Å²) in [6, 6.07) is 10.1. The van der Waals surface area contributed by atoms with Gasteiger partial charge >= 0.3 is 11.9 Å². The van der Waals surface area contributed by atoms with Crippen molar-refractivity contribution in [2.24, 2.45) is 11.8 Å². The van der Waals surface area contributed by atoms with Crippen molar-refractivity contribution in [1.82, 2.24) is 4.90 Å². The van der Waals surface area contributed by atoms with E-state index in [2.05, 4.69) is 30.9 Å². The van der Waals surface area contributed by atoms with Crippen LogP contribution in [-0.4, -0.2) is 43.1 Å². The summed E-state index contributed by atoms with van der Waals surface area (Å²) in [5, 5.41) is 0. The van der Waals surface area contributed by atoms with Crippen LogP contribution in [-0.2, 0) is 25.6 Å². The van der Waals surface area contributed by atoms with Crippen molar-refractivity contribution in [3.63, 3.8) is 0 Å². The second-order valence-corrected chi connectivity index (χ2v) is 6.93. The number of unbranched alkanes of at least 4 members (excludes halogenated alkanes) is 2. The summed E-state index contributed by atoms with van der Waals surface area (Å²) in [5.41, 5.74) is 1.17. The van der Waals surface area contributed by atoms with E-state index in [0.29, 0.717) is 26.3 Å². The number of carbonyl (C=O) groups excluding carboxylic acids is 2. The molecule has 0 amide bonds. The van der Waals surface area contributed by atoms with Gasteiger partial charge in [-0.15, -0.1) is 0 Å². The molecule has 5 nitrogen and oxygen atoms in total. The summed E-state index contributed by atoms with van der Waals surface area (Å²) in [6.45, 7) is 6.74. The van der Waals surface area contributed by atoms with E-state index in [0.717, 1.165) is 32.2 Å². The summed E-state index contributed by atoms with van der Waals surface area (Å²) in [5.74, 6) is -1.42. The van der Waals surface area contributed by atoms with Crippen LogP contribution in [0.5, 0.6) is 0 Å². The summed E-state index contributed by atoms with van der Waals surface area (Å²) >= 11 is 0. The average molecular weight is 361 g/mol. The molecule has 0 spiro atoms. The van der Waals surface area contributed by atoms with Crippen molar-refractivity contribution in [1.29, 1.82) is 0 Å². The number of esters is 2. The van der Waals surface area contributed by atoms with Crippen LogP contribution in [0.2, 0.25) is 0 Å². The minimum atomic E-state index is -0.440. The van der Waals surface area contributed by atoms with E-state index in [1.165, 1.54) is 5.56 Å². The van der Waals surface area contributed by atoms with Crippen molar-refractivity contribution in [3.05, 3.63) is 35.9 Å². The lowest BCUT2D eigenvalue weighted by atomic mass is 9.96.